The Morgan fingerprint density at radius 2 is 1.81 bits per heavy atom. The number of amides is 1. The van der Waals surface area contributed by atoms with Gasteiger partial charge in [0.05, 0.1) is 6.04 Å². The van der Waals surface area contributed by atoms with Crippen molar-refractivity contribution in [2.24, 2.45) is 5.92 Å². The number of benzene rings is 2. The molecule has 0 radical (unpaired) electrons. The number of likely N-dealkylation sites (tertiary alicyclic amines) is 1. The van der Waals surface area contributed by atoms with Crippen LogP contribution in [-0.4, -0.2) is 37.0 Å². The van der Waals surface area contributed by atoms with E-state index in [0.717, 1.165) is 51.0 Å². The molecular weight excluding hydrogens is 382 g/mol. The van der Waals surface area contributed by atoms with E-state index in [0.29, 0.717) is 17.9 Å². The molecule has 4 heteroatoms. The van der Waals surface area contributed by atoms with Crippen LogP contribution in [0, 0.1) is 5.92 Å². The predicted octanol–water partition coefficient (Wildman–Crippen LogP) is 5.60. The van der Waals surface area contributed by atoms with Gasteiger partial charge in [0.2, 0.25) is 0 Å². The first-order chi connectivity index (χ1) is 15.2. The van der Waals surface area contributed by atoms with Gasteiger partial charge in [-0.15, -0.1) is 0 Å². The summed E-state index contributed by atoms with van der Waals surface area (Å²) >= 11 is 0. The molecular formula is C27H33N3O. The first-order valence-electron chi connectivity index (χ1n) is 11.9. The fourth-order valence-electron chi connectivity index (χ4n) is 5.64. The lowest BCUT2D eigenvalue weighted by Gasteiger charge is -2.38. The number of carbonyl (C=O) groups excluding carboxylic acids is 1. The second-order valence-electron chi connectivity index (χ2n) is 9.04. The highest BCUT2D eigenvalue weighted by Gasteiger charge is 2.38. The zero-order chi connectivity index (χ0) is 21.4. The SMILES string of the molecule is CCN(CC)c1ccc(C2Nc3ccc(C(=O)N4CCCC4)cc3C3C=CCC32)cc1. The molecule has 1 saturated heterocycles. The van der Waals surface area contributed by atoms with E-state index in [1.54, 1.807) is 0 Å². The second kappa shape index (κ2) is 8.41. The number of carbonyl (C=O) groups is 1. The average Bonchev–Trinajstić information content (AvgIpc) is 3.52. The molecule has 1 N–H and O–H groups in total. The summed E-state index contributed by atoms with van der Waals surface area (Å²) in [4.78, 5) is 17.3. The minimum atomic E-state index is 0.188. The third kappa shape index (κ3) is 3.62. The van der Waals surface area contributed by atoms with Crippen LogP contribution in [0.3, 0.4) is 0 Å². The van der Waals surface area contributed by atoms with Gasteiger partial charge in [-0.25, -0.2) is 0 Å². The minimum absolute atomic E-state index is 0.188. The molecule has 0 aromatic heterocycles. The van der Waals surface area contributed by atoms with Crippen LogP contribution < -0.4 is 10.2 Å². The van der Waals surface area contributed by atoms with Crippen LogP contribution in [0.1, 0.15) is 66.6 Å². The van der Waals surface area contributed by atoms with Crippen molar-refractivity contribution in [2.75, 3.05) is 36.4 Å². The van der Waals surface area contributed by atoms with Gasteiger partial charge in [-0.3, -0.25) is 4.79 Å². The molecule has 1 aliphatic carbocycles. The van der Waals surface area contributed by atoms with Crippen molar-refractivity contribution in [3.8, 4) is 0 Å². The maximum Gasteiger partial charge on any atom is 0.253 e. The molecule has 1 fully saturated rings. The smallest absolute Gasteiger partial charge is 0.253 e. The highest BCUT2D eigenvalue weighted by atomic mass is 16.2. The highest BCUT2D eigenvalue weighted by molar-refractivity contribution is 5.95. The van der Waals surface area contributed by atoms with Gasteiger partial charge < -0.3 is 15.1 Å². The quantitative estimate of drug-likeness (QED) is 0.646. The molecule has 1 amide bonds. The normalized spacial score (nSPS) is 23.9. The van der Waals surface area contributed by atoms with Crippen molar-refractivity contribution in [2.45, 2.75) is 45.1 Å². The molecule has 2 aliphatic heterocycles. The van der Waals surface area contributed by atoms with Crippen LogP contribution in [0.5, 0.6) is 0 Å². The minimum Gasteiger partial charge on any atom is -0.378 e. The number of rotatable bonds is 5. The molecule has 0 bridgehead atoms. The third-order valence-corrected chi connectivity index (χ3v) is 7.38. The van der Waals surface area contributed by atoms with E-state index in [2.05, 4.69) is 72.6 Å². The monoisotopic (exact) mass is 415 g/mol. The van der Waals surface area contributed by atoms with E-state index < -0.39 is 0 Å². The molecule has 4 nitrogen and oxygen atoms in total. The number of nitrogens with zero attached hydrogens (tertiary/aromatic N) is 2. The van der Waals surface area contributed by atoms with Crippen molar-refractivity contribution in [3.05, 3.63) is 71.3 Å². The number of allylic oxidation sites excluding steroid dienone is 2. The zero-order valence-electron chi connectivity index (χ0n) is 18.7. The van der Waals surface area contributed by atoms with Gasteiger partial charge in [0.1, 0.15) is 0 Å². The fourth-order valence-corrected chi connectivity index (χ4v) is 5.64. The Balaban J connectivity index is 1.42. The van der Waals surface area contributed by atoms with E-state index in [1.165, 1.54) is 22.5 Å². The molecule has 2 aromatic carbocycles. The third-order valence-electron chi connectivity index (χ3n) is 7.38. The molecule has 31 heavy (non-hydrogen) atoms. The molecule has 0 spiro atoms. The Morgan fingerprint density at radius 1 is 1.06 bits per heavy atom. The fraction of sp³-hybridized carbons (Fsp3) is 0.444. The molecule has 2 heterocycles. The Kier molecular flexibility index (Phi) is 5.47. The maximum absolute atomic E-state index is 12.9. The van der Waals surface area contributed by atoms with Crippen LogP contribution in [-0.2, 0) is 0 Å². The Morgan fingerprint density at radius 3 is 2.52 bits per heavy atom. The van der Waals surface area contributed by atoms with Gasteiger partial charge in [-0.05, 0) is 80.5 Å². The van der Waals surface area contributed by atoms with Crippen LogP contribution in [0.15, 0.2) is 54.6 Å². The highest BCUT2D eigenvalue weighted by Crippen LogP contribution is 2.50. The standard InChI is InChI=1S/C27H33N3O/c1-3-29(4-2)21-13-10-19(11-14-21)26-23-9-7-8-22(23)24-18-20(12-15-25(24)28-26)27(31)30-16-5-6-17-30/h7-8,10-15,18,22-23,26,28H,3-6,9,16-17H2,1-2H3. The molecule has 2 aromatic rings. The molecule has 162 valence electrons. The van der Waals surface area contributed by atoms with Gasteiger partial charge in [0, 0.05) is 49.0 Å². The molecule has 3 aliphatic rings. The molecule has 5 rings (SSSR count). The van der Waals surface area contributed by atoms with Crippen molar-refractivity contribution in [3.63, 3.8) is 0 Å². The van der Waals surface area contributed by atoms with E-state index in [4.69, 9.17) is 0 Å². The Bertz CT molecular complexity index is 970. The van der Waals surface area contributed by atoms with Gasteiger partial charge in [0.25, 0.3) is 5.91 Å². The Hall–Kier alpha value is -2.75. The van der Waals surface area contributed by atoms with Crippen molar-refractivity contribution >= 4 is 17.3 Å². The first kappa shape index (κ1) is 20.2. The van der Waals surface area contributed by atoms with Crippen molar-refractivity contribution in [1.29, 1.82) is 0 Å². The van der Waals surface area contributed by atoms with Gasteiger partial charge in [-0.1, -0.05) is 24.3 Å². The summed E-state index contributed by atoms with van der Waals surface area (Å²) in [7, 11) is 0. The van der Waals surface area contributed by atoms with E-state index in [-0.39, 0.29) is 5.91 Å². The summed E-state index contributed by atoms with van der Waals surface area (Å²) < 4.78 is 0. The topological polar surface area (TPSA) is 35.6 Å². The van der Waals surface area contributed by atoms with E-state index >= 15 is 0 Å². The van der Waals surface area contributed by atoms with Gasteiger partial charge in [-0.2, -0.15) is 0 Å². The lowest BCUT2D eigenvalue weighted by atomic mass is 9.76. The largest absolute Gasteiger partial charge is 0.378 e. The molecule has 3 unspecified atom stereocenters. The number of nitrogens with one attached hydrogen (secondary N) is 1. The van der Waals surface area contributed by atoms with Crippen molar-refractivity contribution < 1.29 is 4.79 Å². The van der Waals surface area contributed by atoms with E-state index in [1.807, 2.05) is 11.0 Å². The summed E-state index contributed by atoms with van der Waals surface area (Å²) in [6.45, 7) is 8.25. The summed E-state index contributed by atoms with van der Waals surface area (Å²) in [5, 5.41) is 3.82. The second-order valence-corrected chi connectivity index (χ2v) is 9.04. The van der Waals surface area contributed by atoms with Crippen LogP contribution >= 0.6 is 0 Å². The number of hydrogen-bond donors (Lipinski definition) is 1. The van der Waals surface area contributed by atoms with Crippen molar-refractivity contribution in [1.82, 2.24) is 4.90 Å². The molecule has 0 saturated carbocycles. The van der Waals surface area contributed by atoms with Crippen LogP contribution in [0.4, 0.5) is 11.4 Å². The van der Waals surface area contributed by atoms with Gasteiger partial charge >= 0.3 is 0 Å². The predicted molar refractivity (Wildman–Crippen MR) is 128 cm³/mol. The molecule has 3 atom stereocenters. The summed E-state index contributed by atoms with van der Waals surface area (Å²) in [5.74, 6) is 1.05. The number of anilines is 2. The maximum atomic E-state index is 12.9. The summed E-state index contributed by atoms with van der Waals surface area (Å²) in [6, 6.07) is 15.7. The average molecular weight is 416 g/mol. The lowest BCUT2D eigenvalue weighted by Crippen LogP contribution is -2.31. The van der Waals surface area contributed by atoms with Gasteiger partial charge in [0.15, 0.2) is 0 Å². The first-order valence-corrected chi connectivity index (χ1v) is 11.9. The zero-order valence-corrected chi connectivity index (χ0v) is 18.7. The van der Waals surface area contributed by atoms with Crippen LogP contribution in [0.25, 0.3) is 0 Å². The number of fused-ring (bicyclic) bond motifs is 3. The Labute approximate surface area is 185 Å². The summed E-state index contributed by atoms with van der Waals surface area (Å²) in [6.07, 6.45) is 7.99. The van der Waals surface area contributed by atoms with E-state index in [9.17, 15) is 4.79 Å². The number of hydrogen-bond acceptors (Lipinski definition) is 3. The summed E-state index contributed by atoms with van der Waals surface area (Å²) in [5.41, 5.74) is 5.92. The lowest BCUT2D eigenvalue weighted by molar-refractivity contribution is 0.0792. The van der Waals surface area contributed by atoms with Crippen LogP contribution in [0.2, 0.25) is 0 Å².